The zero-order chi connectivity index (χ0) is 24.7. The molecule has 4 aromatic rings. The fourth-order valence-electron chi connectivity index (χ4n) is 5.38. The van der Waals surface area contributed by atoms with Gasteiger partial charge in [0.1, 0.15) is 0 Å². The molecule has 0 fully saturated rings. The molecule has 0 aliphatic heterocycles. The number of fused-ring (bicyclic) bond motifs is 3. The van der Waals surface area contributed by atoms with Crippen LogP contribution in [0.4, 0.5) is 0 Å². The lowest BCUT2D eigenvalue weighted by Crippen LogP contribution is -2.29. The van der Waals surface area contributed by atoms with E-state index in [1.807, 2.05) is 36.4 Å². The first-order valence-corrected chi connectivity index (χ1v) is 12.5. The summed E-state index contributed by atoms with van der Waals surface area (Å²) in [4.78, 5) is 34.7. The van der Waals surface area contributed by atoms with Gasteiger partial charge in [-0.2, -0.15) is 0 Å². The Labute approximate surface area is 205 Å². The number of aromatic nitrogens is 2. The molecule has 1 aliphatic carbocycles. The molecule has 2 heterocycles. The molecule has 5 heteroatoms. The van der Waals surface area contributed by atoms with E-state index >= 15 is 0 Å². The number of ketones is 1. The van der Waals surface area contributed by atoms with Crippen LogP contribution >= 0.6 is 0 Å². The van der Waals surface area contributed by atoms with E-state index in [9.17, 15) is 9.59 Å². The molecule has 0 radical (unpaired) electrons. The maximum atomic E-state index is 13.5. The van der Waals surface area contributed by atoms with Crippen molar-refractivity contribution in [2.75, 3.05) is 6.61 Å². The number of pyridine rings is 1. The molecule has 2 aromatic carbocycles. The van der Waals surface area contributed by atoms with Gasteiger partial charge in [0.25, 0.3) is 0 Å². The van der Waals surface area contributed by atoms with E-state index in [4.69, 9.17) is 9.72 Å². The molecule has 0 amide bonds. The first-order valence-electron chi connectivity index (χ1n) is 12.5. The Morgan fingerprint density at radius 2 is 1.86 bits per heavy atom. The number of hydrogen-bond donors (Lipinski definition) is 1. The Morgan fingerprint density at radius 1 is 1.09 bits per heavy atom. The SMILES string of the molecule is CCc1cccc2c(C(=O)COC(=O)c3c4c(nc5ccccc35)CC[C@@H](C(C)(C)C)C4)c[nH]c12. The van der Waals surface area contributed by atoms with Gasteiger partial charge in [0.2, 0.25) is 5.78 Å². The van der Waals surface area contributed by atoms with Gasteiger partial charge in [0.05, 0.1) is 11.1 Å². The number of hydrogen-bond acceptors (Lipinski definition) is 4. The van der Waals surface area contributed by atoms with Crippen LogP contribution in [-0.2, 0) is 24.0 Å². The summed E-state index contributed by atoms with van der Waals surface area (Å²) in [6.45, 7) is 8.54. The lowest BCUT2D eigenvalue weighted by molar-refractivity contribution is 0.0474. The number of aromatic amines is 1. The van der Waals surface area contributed by atoms with Crippen molar-refractivity contribution in [3.05, 3.63) is 76.6 Å². The van der Waals surface area contributed by atoms with E-state index in [1.54, 1.807) is 6.20 Å². The average Bonchev–Trinajstić information content (AvgIpc) is 3.29. The van der Waals surface area contributed by atoms with Crippen molar-refractivity contribution in [1.29, 1.82) is 0 Å². The van der Waals surface area contributed by atoms with E-state index in [2.05, 4.69) is 38.7 Å². The van der Waals surface area contributed by atoms with Gasteiger partial charge in [-0.3, -0.25) is 9.78 Å². The van der Waals surface area contributed by atoms with Crippen LogP contribution in [0.5, 0.6) is 0 Å². The Morgan fingerprint density at radius 3 is 2.63 bits per heavy atom. The van der Waals surface area contributed by atoms with E-state index in [-0.39, 0.29) is 17.8 Å². The first-order chi connectivity index (χ1) is 16.8. The third kappa shape index (κ3) is 4.24. The summed E-state index contributed by atoms with van der Waals surface area (Å²) in [7, 11) is 0. The van der Waals surface area contributed by atoms with Gasteiger partial charge >= 0.3 is 5.97 Å². The maximum absolute atomic E-state index is 13.5. The van der Waals surface area contributed by atoms with Gasteiger partial charge in [0.15, 0.2) is 6.61 Å². The van der Waals surface area contributed by atoms with E-state index < -0.39 is 5.97 Å². The fraction of sp³-hybridized carbons (Fsp3) is 0.367. The minimum absolute atomic E-state index is 0.132. The number of nitrogens with one attached hydrogen (secondary N) is 1. The summed E-state index contributed by atoms with van der Waals surface area (Å²) in [6.07, 6.45) is 5.27. The van der Waals surface area contributed by atoms with Gasteiger partial charge in [0, 0.05) is 33.7 Å². The normalized spacial score (nSPS) is 15.8. The number of para-hydroxylation sites is 2. The number of carbonyl (C=O) groups is 2. The van der Waals surface area contributed by atoms with Crippen molar-refractivity contribution in [2.45, 2.75) is 53.4 Å². The Balaban J connectivity index is 1.46. The highest BCUT2D eigenvalue weighted by atomic mass is 16.5. The molecule has 0 saturated heterocycles. The smallest absolute Gasteiger partial charge is 0.339 e. The van der Waals surface area contributed by atoms with Crippen LogP contribution in [0.3, 0.4) is 0 Å². The van der Waals surface area contributed by atoms with Gasteiger partial charge in [-0.15, -0.1) is 0 Å². The number of aryl methyl sites for hydroxylation is 2. The highest BCUT2D eigenvalue weighted by Crippen LogP contribution is 2.39. The number of Topliss-reactive ketones (excluding diaryl/α,β-unsaturated/α-hetero) is 1. The summed E-state index contributed by atoms with van der Waals surface area (Å²) < 4.78 is 5.68. The number of rotatable bonds is 5. The molecule has 35 heavy (non-hydrogen) atoms. The lowest BCUT2D eigenvalue weighted by Gasteiger charge is -2.35. The number of nitrogens with zero attached hydrogens (tertiary/aromatic N) is 1. The van der Waals surface area contributed by atoms with Crippen molar-refractivity contribution in [2.24, 2.45) is 11.3 Å². The predicted molar refractivity (Wildman–Crippen MR) is 139 cm³/mol. The lowest BCUT2D eigenvalue weighted by atomic mass is 9.70. The molecule has 0 spiro atoms. The highest BCUT2D eigenvalue weighted by Gasteiger charge is 2.33. The molecule has 1 N–H and O–H groups in total. The number of carbonyl (C=O) groups excluding carboxylic acids is 2. The maximum Gasteiger partial charge on any atom is 0.339 e. The van der Waals surface area contributed by atoms with Gasteiger partial charge in [-0.05, 0) is 54.2 Å². The summed E-state index contributed by atoms with van der Waals surface area (Å²) in [5.41, 5.74) is 6.12. The minimum Gasteiger partial charge on any atom is -0.454 e. The van der Waals surface area contributed by atoms with Crippen LogP contribution in [0.2, 0.25) is 0 Å². The van der Waals surface area contributed by atoms with E-state index in [0.29, 0.717) is 17.0 Å². The second-order valence-corrected chi connectivity index (χ2v) is 10.6. The van der Waals surface area contributed by atoms with Crippen LogP contribution < -0.4 is 0 Å². The van der Waals surface area contributed by atoms with Crippen LogP contribution in [0.25, 0.3) is 21.8 Å². The highest BCUT2D eigenvalue weighted by molar-refractivity contribution is 6.11. The van der Waals surface area contributed by atoms with Crippen molar-refractivity contribution in [3.63, 3.8) is 0 Å². The van der Waals surface area contributed by atoms with Gasteiger partial charge in [-0.1, -0.05) is 64.1 Å². The van der Waals surface area contributed by atoms with E-state index in [1.165, 1.54) is 0 Å². The predicted octanol–water partition coefficient (Wildman–Crippen LogP) is 6.47. The zero-order valence-corrected chi connectivity index (χ0v) is 20.9. The Bertz CT molecular complexity index is 1440. The molecule has 1 atom stereocenters. The van der Waals surface area contributed by atoms with Crippen LogP contribution in [0.15, 0.2) is 48.7 Å². The molecule has 0 unspecified atom stereocenters. The Hall–Kier alpha value is -3.47. The molecule has 5 nitrogen and oxygen atoms in total. The standard InChI is InChI=1S/C30H32N2O3/c1-5-18-9-8-11-20-23(16-31-28(18)20)26(33)17-35-29(34)27-21-10-6-7-12-24(21)32-25-14-13-19(15-22(25)27)30(2,3)4/h6-12,16,19,31H,5,13-15,17H2,1-4H3/t19-/m1/s1. The number of H-pyrrole nitrogens is 1. The molecule has 180 valence electrons. The summed E-state index contributed by atoms with van der Waals surface area (Å²) in [5, 5.41) is 1.66. The number of esters is 1. The topological polar surface area (TPSA) is 72.1 Å². The number of ether oxygens (including phenoxy) is 1. The van der Waals surface area contributed by atoms with Crippen molar-refractivity contribution in [3.8, 4) is 0 Å². The molecule has 0 saturated carbocycles. The molecule has 2 aromatic heterocycles. The summed E-state index contributed by atoms with van der Waals surface area (Å²) in [5.74, 6) is -0.209. The molecule has 0 bridgehead atoms. The van der Waals surface area contributed by atoms with Crippen LogP contribution in [0, 0.1) is 11.3 Å². The Kier molecular flexibility index (Phi) is 5.96. The third-order valence-electron chi connectivity index (χ3n) is 7.51. The van der Waals surface area contributed by atoms with E-state index in [0.717, 1.165) is 64.3 Å². The summed E-state index contributed by atoms with van der Waals surface area (Å²) >= 11 is 0. The molecular formula is C30H32N2O3. The second kappa shape index (κ2) is 8.95. The zero-order valence-electron chi connectivity index (χ0n) is 20.9. The number of benzene rings is 2. The first kappa shape index (κ1) is 23.3. The van der Waals surface area contributed by atoms with Gasteiger partial charge in [-0.25, -0.2) is 4.79 Å². The van der Waals surface area contributed by atoms with Crippen molar-refractivity contribution in [1.82, 2.24) is 9.97 Å². The van der Waals surface area contributed by atoms with Crippen LogP contribution in [0.1, 0.15) is 71.7 Å². The third-order valence-corrected chi connectivity index (χ3v) is 7.51. The van der Waals surface area contributed by atoms with Crippen LogP contribution in [-0.4, -0.2) is 28.3 Å². The average molecular weight is 469 g/mol. The molecule has 1 aliphatic rings. The van der Waals surface area contributed by atoms with Gasteiger partial charge < -0.3 is 9.72 Å². The monoisotopic (exact) mass is 468 g/mol. The largest absolute Gasteiger partial charge is 0.454 e. The summed E-state index contributed by atoms with van der Waals surface area (Å²) in [6, 6.07) is 13.6. The van der Waals surface area contributed by atoms with Crippen molar-refractivity contribution >= 4 is 33.6 Å². The molecular weight excluding hydrogens is 436 g/mol. The minimum atomic E-state index is -0.447. The fourth-order valence-corrected chi connectivity index (χ4v) is 5.38. The molecule has 5 rings (SSSR count). The van der Waals surface area contributed by atoms with Crippen molar-refractivity contribution < 1.29 is 14.3 Å². The second-order valence-electron chi connectivity index (χ2n) is 10.6. The quantitative estimate of drug-likeness (QED) is 0.269.